The van der Waals surface area contributed by atoms with Gasteiger partial charge in [-0.2, -0.15) is 0 Å². The lowest BCUT2D eigenvalue weighted by Crippen LogP contribution is -2.43. The molecule has 1 aromatic rings. The SMILES string of the molecule is CC1=CCC2=c3ccccc3=C(N)N(C)C2=C1. The van der Waals surface area contributed by atoms with E-state index in [0.29, 0.717) is 0 Å². The first-order chi connectivity index (χ1) is 8.18. The van der Waals surface area contributed by atoms with Crippen molar-refractivity contribution in [3.63, 3.8) is 0 Å². The molecule has 3 rings (SSSR count). The summed E-state index contributed by atoms with van der Waals surface area (Å²) >= 11 is 0. The largest absolute Gasteiger partial charge is 0.385 e. The minimum atomic E-state index is 0.838. The van der Waals surface area contributed by atoms with E-state index >= 15 is 0 Å². The predicted octanol–water partition coefficient (Wildman–Crippen LogP) is 1.04. The second-order valence-corrected chi connectivity index (χ2v) is 4.65. The maximum Gasteiger partial charge on any atom is 0.111 e. The van der Waals surface area contributed by atoms with E-state index in [2.05, 4.69) is 42.2 Å². The number of allylic oxidation sites excluding steroid dienone is 4. The van der Waals surface area contributed by atoms with E-state index in [1.54, 1.807) is 0 Å². The van der Waals surface area contributed by atoms with E-state index in [4.69, 9.17) is 5.73 Å². The maximum absolute atomic E-state index is 6.21. The van der Waals surface area contributed by atoms with Gasteiger partial charge in [-0.25, -0.2) is 0 Å². The highest BCUT2D eigenvalue weighted by atomic mass is 15.2. The van der Waals surface area contributed by atoms with Crippen molar-refractivity contribution in [1.29, 1.82) is 0 Å². The standard InChI is InChI=1S/C15H16N2/c1-10-7-8-12-11-5-3-4-6-13(11)15(16)17(2)14(12)9-10/h3-7,9H,8,16H2,1-2H3. The normalized spacial score (nSPS) is 18.4. The number of nitrogens with zero attached hydrogens (tertiary/aromatic N) is 1. The van der Waals surface area contributed by atoms with Gasteiger partial charge in [0.05, 0.1) is 0 Å². The fourth-order valence-electron chi connectivity index (χ4n) is 2.56. The summed E-state index contributed by atoms with van der Waals surface area (Å²) in [6, 6.07) is 8.37. The molecule has 0 unspecified atom stereocenters. The van der Waals surface area contributed by atoms with Crippen LogP contribution in [-0.2, 0) is 0 Å². The van der Waals surface area contributed by atoms with Crippen LogP contribution in [0.25, 0.3) is 11.4 Å². The molecule has 2 nitrogen and oxygen atoms in total. The summed E-state index contributed by atoms with van der Waals surface area (Å²) in [6.45, 7) is 2.13. The molecule has 2 N–H and O–H groups in total. The number of nitrogens with two attached hydrogens (primary N) is 1. The van der Waals surface area contributed by atoms with Crippen LogP contribution in [0.4, 0.5) is 0 Å². The average Bonchev–Trinajstić information content (AvgIpc) is 2.36. The van der Waals surface area contributed by atoms with Gasteiger partial charge in [0.1, 0.15) is 5.82 Å². The Morgan fingerprint density at radius 1 is 1.18 bits per heavy atom. The molecule has 0 atom stereocenters. The van der Waals surface area contributed by atoms with E-state index < -0.39 is 0 Å². The molecule has 0 saturated carbocycles. The van der Waals surface area contributed by atoms with Crippen LogP contribution in [0, 0.1) is 0 Å². The zero-order chi connectivity index (χ0) is 12.0. The molecule has 0 radical (unpaired) electrons. The van der Waals surface area contributed by atoms with Gasteiger partial charge in [-0.1, -0.05) is 35.9 Å². The first-order valence-corrected chi connectivity index (χ1v) is 5.89. The van der Waals surface area contributed by atoms with Gasteiger partial charge >= 0.3 is 0 Å². The zero-order valence-corrected chi connectivity index (χ0v) is 10.2. The lowest BCUT2D eigenvalue weighted by Gasteiger charge is -2.30. The third kappa shape index (κ3) is 1.41. The van der Waals surface area contributed by atoms with Crippen LogP contribution in [-0.4, -0.2) is 11.9 Å². The number of benzene rings is 1. The maximum atomic E-state index is 6.21. The molecule has 1 aromatic carbocycles. The zero-order valence-electron chi connectivity index (χ0n) is 10.2. The molecule has 0 bridgehead atoms. The highest BCUT2D eigenvalue weighted by Crippen LogP contribution is 2.27. The Balaban J connectivity index is 2.43. The number of hydrogen-bond acceptors (Lipinski definition) is 2. The summed E-state index contributed by atoms with van der Waals surface area (Å²) in [5.74, 6) is 0.838. The van der Waals surface area contributed by atoms with Crippen LogP contribution >= 0.6 is 0 Å². The Hall–Kier alpha value is -1.96. The van der Waals surface area contributed by atoms with Crippen molar-refractivity contribution < 1.29 is 0 Å². The second-order valence-electron chi connectivity index (χ2n) is 4.65. The molecule has 2 aliphatic rings. The Morgan fingerprint density at radius 3 is 2.65 bits per heavy atom. The minimum Gasteiger partial charge on any atom is -0.385 e. The Bertz CT molecular complexity index is 662. The number of hydrogen-bond donors (Lipinski definition) is 1. The summed E-state index contributed by atoms with van der Waals surface area (Å²) in [7, 11) is 2.04. The number of fused-ring (bicyclic) bond motifs is 2. The second kappa shape index (κ2) is 3.52. The lowest BCUT2D eigenvalue weighted by molar-refractivity contribution is 0.592. The van der Waals surface area contributed by atoms with Crippen LogP contribution in [0.3, 0.4) is 0 Å². The highest BCUT2D eigenvalue weighted by Gasteiger charge is 2.20. The quantitative estimate of drug-likeness (QED) is 0.713. The van der Waals surface area contributed by atoms with E-state index in [0.717, 1.165) is 17.5 Å². The van der Waals surface area contributed by atoms with Gasteiger partial charge in [0.15, 0.2) is 0 Å². The molecule has 1 aliphatic carbocycles. The van der Waals surface area contributed by atoms with Crippen molar-refractivity contribution in [3.8, 4) is 0 Å². The van der Waals surface area contributed by atoms with Crippen molar-refractivity contribution in [2.45, 2.75) is 13.3 Å². The smallest absolute Gasteiger partial charge is 0.111 e. The van der Waals surface area contributed by atoms with Gasteiger partial charge in [-0.05, 0) is 30.2 Å². The summed E-state index contributed by atoms with van der Waals surface area (Å²) in [6.07, 6.45) is 5.47. The molecule has 1 heterocycles. The Labute approximate surface area is 101 Å². The first-order valence-electron chi connectivity index (χ1n) is 5.89. The molecular weight excluding hydrogens is 208 g/mol. The topological polar surface area (TPSA) is 29.3 Å². The predicted molar refractivity (Wildman–Crippen MR) is 70.9 cm³/mol. The average molecular weight is 224 g/mol. The Kier molecular flexibility index (Phi) is 2.11. The van der Waals surface area contributed by atoms with E-state index in [1.807, 2.05) is 13.1 Å². The van der Waals surface area contributed by atoms with Gasteiger partial charge in [-0.15, -0.1) is 0 Å². The molecule has 0 aromatic heterocycles. The molecule has 2 heteroatoms. The van der Waals surface area contributed by atoms with Crippen LogP contribution < -0.4 is 16.2 Å². The number of rotatable bonds is 0. The van der Waals surface area contributed by atoms with E-state index in [-0.39, 0.29) is 0 Å². The monoisotopic (exact) mass is 224 g/mol. The summed E-state index contributed by atoms with van der Waals surface area (Å²) in [5, 5.41) is 2.42. The fourth-order valence-corrected chi connectivity index (χ4v) is 2.56. The van der Waals surface area contributed by atoms with Crippen molar-refractivity contribution in [3.05, 3.63) is 58.1 Å². The van der Waals surface area contributed by atoms with Gasteiger partial charge < -0.3 is 10.6 Å². The van der Waals surface area contributed by atoms with Crippen LogP contribution in [0.15, 0.2) is 47.7 Å². The molecule has 0 saturated heterocycles. The third-order valence-electron chi connectivity index (χ3n) is 3.55. The van der Waals surface area contributed by atoms with E-state index in [1.165, 1.54) is 22.1 Å². The van der Waals surface area contributed by atoms with Crippen LogP contribution in [0.1, 0.15) is 13.3 Å². The van der Waals surface area contributed by atoms with Crippen molar-refractivity contribution in [2.75, 3.05) is 7.05 Å². The van der Waals surface area contributed by atoms with E-state index in [9.17, 15) is 0 Å². The van der Waals surface area contributed by atoms with Gasteiger partial charge in [-0.3, -0.25) is 0 Å². The molecule has 1 aliphatic heterocycles. The molecular formula is C15H16N2. The fraction of sp³-hybridized carbons (Fsp3) is 0.200. The summed E-state index contributed by atoms with van der Waals surface area (Å²) < 4.78 is 0. The molecule has 0 amide bonds. The Morgan fingerprint density at radius 2 is 1.88 bits per heavy atom. The summed E-state index contributed by atoms with van der Waals surface area (Å²) in [4.78, 5) is 2.09. The molecule has 0 fully saturated rings. The van der Waals surface area contributed by atoms with Gasteiger partial charge in [0.25, 0.3) is 0 Å². The first kappa shape index (κ1) is 10.2. The third-order valence-corrected chi connectivity index (χ3v) is 3.55. The van der Waals surface area contributed by atoms with Gasteiger partial charge in [0, 0.05) is 18.0 Å². The summed E-state index contributed by atoms with van der Waals surface area (Å²) in [5.41, 5.74) is 10.1. The lowest BCUT2D eigenvalue weighted by atomic mass is 9.93. The van der Waals surface area contributed by atoms with Crippen LogP contribution in [0.2, 0.25) is 0 Å². The highest BCUT2D eigenvalue weighted by molar-refractivity contribution is 5.73. The van der Waals surface area contributed by atoms with Crippen molar-refractivity contribution in [2.24, 2.45) is 5.73 Å². The molecule has 86 valence electrons. The van der Waals surface area contributed by atoms with Crippen LogP contribution in [0.5, 0.6) is 0 Å². The van der Waals surface area contributed by atoms with Crippen molar-refractivity contribution >= 4 is 11.4 Å². The molecule has 17 heavy (non-hydrogen) atoms. The van der Waals surface area contributed by atoms with Gasteiger partial charge in [0.2, 0.25) is 0 Å². The molecule has 0 spiro atoms. The van der Waals surface area contributed by atoms with Crippen molar-refractivity contribution in [1.82, 2.24) is 4.90 Å². The minimum absolute atomic E-state index is 0.838.